The van der Waals surface area contributed by atoms with Crippen LogP contribution in [0.15, 0.2) is 42.5 Å². The molecule has 0 radical (unpaired) electrons. The van der Waals surface area contributed by atoms with Crippen LogP contribution >= 0.6 is 0 Å². The van der Waals surface area contributed by atoms with Crippen molar-refractivity contribution in [2.75, 3.05) is 6.54 Å². The van der Waals surface area contributed by atoms with Crippen molar-refractivity contribution in [3.63, 3.8) is 0 Å². The highest BCUT2D eigenvalue weighted by molar-refractivity contribution is 5.96. The summed E-state index contributed by atoms with van der Waals surface area (Å²) in [6.45, 7) is 0.201. The summed E-state index contributed by atoms with van der Waals surface area (Å²) in [6.07, 6.45) is 3.80. The van der Waals surface area contributed by atoms with Crippen molar-refractivity contribution in [2.45, 2.75) is 32.2 Å². The van der Waals surface area contributed by atoms with Crippen molar-refractivity contribution in [2.24, 2.45) is 5.73 Å². The first kappa shape index (κ1) is 18.6. The maximum atomic E-state index is 12.2. The lowest BCUT2D eigenvalue weighted by atomic mass is 10.0. The molecule has 6 heteroatoms. The number of hydrogen-bond donors (Lipinski definition) is 3. The number of amides is 3. The molecule has 27 heavy (non-hydrogen) atoms. The van der Waals surface area contributed by atoms with E-state index in [1.165, 1.54) is 17.5 Å². The Morgan fingerprint density at radius 1 is 0.889 bits per heavy atom. The van der Waals surface area contributed by atoms with Gasteiger partial charge in [0.15, 0.2) is 0 Å². The highest BCUT2D eigenvalue weighted by Crippen LogP contribution is 2.22. The zero-order chi connectivity index (χ0) is 19.2. The van der Waals surface area contributed by atoms with Gasteiger partial charge in [0.25, 0.3) is 5.91 Å². The van der Waals surface area contributed by atoms with Crippen LogP contribution in [0.1, 0.15) is 39.0 Å². The molecule has 0 unspecified atom stereocenters. The van der Waals surface area contributed by atoms with Crippen LogP contribution in [0.3, 0.4) is 0 Å². The minimum Gasteiger partial charge on any atom is -0.368 e. The topological polar surface area (TPSA) is 101 Å². The van der Waals surface area contributed by atoms with E-state index in [1.54, 1.807) is 24.3 Å². The number of primary amides is 1. The van der Waals surface area contributed by atoms with Gasteiger partial charge in [-0.2, -0.15) is 0 Å². The number of hydrogen-bond acceptors (Lipinski definition) is 3. The Labute approximate surface area is 158 Å². The summed E-state index contributed by atoms with van der Waals surface area (Å²) in [6, 6.07) is 13.2. The molecule has 1 aliphatic carbocycles. The Bertz CT molecular complexity index is 859. The molecule has 2 aromatic rings. The molecular formula is C21H23N3O3. The lowest BCUT2D eigenvalue weighted by Crippen LogP contribution is -2.33. The molecule has 0 saturated heterocycles. The second kappa shape index (κ2) is 8.49. The van der Waals surface area contributed by atoms with Crippen molar-refractivity contribution in [1.29, 1.82) is 0 Å². The first-order valence-electron chi connectivity index (χ1n) is 9.04. The van der Waals surface area contributed by atoms with Gasteiger partial charge in [-0.25, -0.2) is 0 Å². The number of fused-ring (bicyclic) bond motifs is 1. The number of benzene rings is 2. The molecule has 0 aliphatic heterocycles. The molecule has 0 bridgehead atoms. The van der Waals surface area contributed by atoms with E-state index in [4.69, 9.17) is 5.73 Å². The molecule has 6 nitrogen and oxygen atoms in total. The summed E-state index contributed by atoms with van der Waals surface area (Å²) in [5.41, 5.74) is 10.1. The smallest absolute Gasteiger partial charge is 0.251 e. The molecule has 0 heterocycles. The van der Waals surface area contributed by atoms with Crippen LogP contribution in [0.4, 0.5) is 0 Å². The van der Waals surface area contributed by atoms with Crippen LogP contribution in [0.25, 0.3) is 0 Å². The van der Waals surface area contributed by atoms with Gasteiger partial charge in [0.2, 0.25) is 11.8 Å². The molecule has 0 fully saturated rings. The minimum atomic E-state index is -0.592. The summed E-state index contributed by atoms with van der Waals surface area (Å²) < 4.78 is 0. The fraction of sp³-hybridized carbons (Fsp3) is 0.286. The first-order chi connectivity index (χ1) is 13.0. The Hall–Kier alpha value is -3.15. The second-order valence-corrected chi connectivity index (χ2v) is 6.76. The lowest BCUT2D eigenvalue weighted by molar-refractivity contribution is -0.120. The van der Waals surface area contributed by atoms with Gasteiger partial charge >= 0.3 is 0 Å². The highest BCUT2D eigenvalue weighted by atomic mass is 16.2. The van der Waals surface area contributed by atoms with E-state index in [2.05, 4.69) is 22.8 Å². The van der Waals surface area contributed by atoms with Gasteiger partial charge in [0.05, 0.1) is 13.0 Å². The molecule has 3 rings (SSSR count). The molecule has 2 aromatic carbocycles. The number of carbonyl (C=O) groups is 3. The number of rotatable bonds is 7. The van der Waals surface area contributed by atoms with Crippen LogP contribution < -0.4 is 16.4 Å². The largest absolute Gasteiger partial charge is 0.368 e. The fourth-order valence-corrected chi connectivity index (χ4v) is 3.23. The second-order valence-electron chi connectivity index (χ2n) is 6.76. The van der Waals surface area contributed by atoms with Gasteiger partial charge < -0.3 is 16.4 Å². The number of carbonyl (C=O) groups excluding carboxylic acids is 3. The number of nitrogens with one attached hydrogen (secondary N) is 2. The van der Waals surface area contributed by atoms with E-state index in [9.17, 15) is 14.4 Å². The lowest BCUT2D eigenvalue weighted by Gasteiger charge is -2.08. The van der Waals surface area contributed by atoms with E-state index in [-0.39, 0.29) is 18.4 Å². The van der Waals surface area contributed by atoms with Crippen LogP contribution in [0.5, 0.6) is 0 Å². The van der Waals surface area contributed by atoms with Gasteiger partial charge in [-0.1, -0.05) is 30.3 Å². The van der Waals surface area contributed by atoms with E-state index in [0.29, 0.717) is 18.5 Å². The maximum absolute atomic E-state index is 12.2. The van der Waals surface area contributed by atoms with E-state index < -0.39 is 5.91 Å². The molecule has 0 aromatic heterocycles. The van der Waals surface area contributed by atoms with Crippen LogP contribution in [-0.2, 0) is 35.4 Å². The predicted molar refractivity (Wildman–Crippen MR) is 102 cm³/mol. The summed E-state index contributed by atoms with van der Waals surface area (Å²) in [5, 5.41) is 5.33. The van der Waals surface area contributed by atoms with Gasteiger partial charge in [-0.05, 0) is 53.6 Å². The normalized spacial score (nSPS) is 12.3. The summed E-state index contributed by atoms with van der Waals surface area (Å²) in [5.74, 6) is -0.983. The molecule has 0 saturated carbocycles. The van der Waals surface area contributed by atoms with Crippen molar-refractivity contribution in [3.8, 4) is 0 Å². The third kappa shape index (κ3) is 5.17. The summed E-state index contributed by atoms with van der Waals surface area (Å²) in [4.78, 5) is 34.7. The quantitative estimate of drug-likeness (QED) is 0.688. The summed E-state index contributed by atoms with van der Waals surface area (Å²) in [7, 11) is 0. The van der Waals surface area contributed by atoms with Gasteiger partial charge in [0.1, 0.15) is 0 Å². The Balaban J connectivity index is 1.48. The van der Waals surface area contributed by atoms with Crippen molar-refractivity contribution < 1.29 is 14.4 Å². The minimum absolute atomic E-state index is 0.0313. The van der Waals surface area contributed by atoms with E-state index >= 15 is 0 Å². The van der Waals surface area contributed by atoms with E-state index in [1.807, 2.05) is 6.07 Å². The third-order valence-corrected chi connectivity index (χ3v) is 4.66. The van der Waals surface area contributed by atoms with Crippen LogP contribution in [-0.4, -0.2) is 24.3 Å². The van der Waals surface area contributed by atoms with Crippen molar-refractivity contribution in [3.05, 3.63) is 70.3 Å². The predicted octanol–water partition coefficient (Wildman–Crippen LogP) is 1.25. The van der Waals surface area contributed by atoms with Gasteiger partial charge in [-0.3, -0.25) is 14.4 Å². The monoisotopic (exact) mass is 365 g/mol. The Morgan fingerprint density at radius 2 is 1.59 bits per heavy atom. The number of aryl methyl sites for hydroxylation is 2. The van der Waals surface area contributed by atoms with Crippen LogP contribution in [0.2, 0.25) is 0 Å². The Morgan fingerprint density at radius 3 is 2.33 bits per heavy atom. The summed E-state index contributed by atoms with van der Waals surface area (Å²) >= 11 is 0. The molecular weight excluding hydrogens is 342 g/mol. The van der Waals surface area contributed by atoms with Gasteiger partial charge in [-0.15, -0.1) is 0 Å². The van der Waals surface area contributed by atoms with Crippen molar-refractivity contribution >= 4 is 17.7 Å². The van der Waals surface area contributed by atoms with Gasteiger partial charge in [0, 0.05) is 12.1 Å². The molecule has 0 atom stereocenters. The van der Waals surface area contributed by atoms with Crippen LogP contribution in [0, 0.1) is 0 Å². The zero-order valence-corrected chi connectivity index (χ0v) is 15.1. The average Bonchev–Trinajstić information content (AvgIpc) is 3.12. The Kier molecular flexibility index (Phi) is 5.86. The standard InChI is InChI=1S/C21H23N3O3/c22-19(25)13-24-21(27)17-8-4-14(5-9-17)12-23-20(26)11-15-6-7-16-2-1-3-18(16)10-15/h4-10H,1-3,11-13H2,(H2,22,25)(H,23,26)(H,24,27). The maximum Gasteiger partial charge on any atom is 0.251 e. The average molecular weight is 365 g/mol. The first-order valence-corrected chi connectivity index (χ1v) is 9.04. The third-order valence-electron chi connectivity index (χ3n) is 4.66. The zero-order valence-electron chi connectivity index (χ0n) is 15.1. The van der Waals surface area contributed by atoms with E-state index in [0.717, 1.165) is 24.0 Å². The SMILES string of the molecule is NC(=O)CNC(=O)c1ccc(CNC(=O)Cc2ccc3c(c2)CCC3)cc1. The van der Waals surface area contributed by atoms with Crippen molar-refractivity contribution in [1.82, 2.24) is 10.6 Å². The molecule has 3 amide bonds. The molecule has 4 N–H and O–H groups in total. The molecule has 140 valence electrons. The molecule has 1 aliphatic rings. The highest BCUT2D eigenvalue weighted by Gasteiger charge is 2.12. The number of nitrogens with two attached hydrogens (primary N) is 1. The fourth-order valence-electron chi connectivity index (χ4n) is 3.23. The molecule has 0 spiro atoms.